The highest BCUT2D eigenvalue weighted by Crippen LogP contribution is 2.36. The molecular formula is C70H100F2N10O14. The number of carbonyl (C=O) groups excluding carboxylic acids is 8. The number of rotatable bonds is 40. The van der Waals surface area contributed by atoms with Crippen LogP contribution in [-0.2, 0) is 47.6 Å². The number of amides is 8. The highest BCUT2D eigenvalue weighted by Gasteiger charge is 2.33. The predicted octanol–water partition coefficient (Wildman–Crippen LogP) is 9.83. The van der Waals surface area contributed by atoms with Crippen molar-refractivity contribution >= 4 is 82.3 Å². The SMILES string of the molecule is CCN(CC)CCN(C(=O)OCCCCCCNC(=O)CCOCCOC)C(=O)c1c(C)[nH]c(/C=C2\C(=O)Nc3ccc(F)cc32)c1C.CCOCCOCC(=O)NCCCCCCOC(=O)N(CCN(CC)CC)C(=O)c1c(C)[nH]c(/C=C2\C(=O)Nc3ccc(F)cc32)c1C. The number of fused-ring (bicyclic) bond motifs is 2. The molecule has 4 heterocycles. The number of imide groups is 2. The van der Waals surface area contributed by atoms with Gasteiger partial charge in [0.2, 0.25) is 11.8 Å². The molecule has 0 saturated carbocycles. The lowest BCUT2D eigenvalue weighted by Crippen LogP contribution is -2.43. The molecule has 96 heavy (non-hydrogen) atoms. The minimum Gasteiger partial charge on any atom is -0.449 e. The van der Waals surface area contributed by atoms with Gasteiger partial charge in [0.25, 0.3) is 23.6 Å². The van der Waals surface area contributed by atoms with Gasteiger partial charge >= 0.3 is 12.2 Å². The standard InChI is InChI=1S/2C35H50FN5O7/c1-6-40(7-2)16-17-41(35(45)48-18-11-9-8-10-15-37-31(42)14-19-47-21-20-46-5)34(44)32-24(3)30(38-25(32)4)23-28-27-22-26(36)12-13-29(27)39-33(28)43;1-6-40(7-2)16-17-41(35(45)48-18-12-10-9-11-15-37-31(42)23-47-20-19-46-8-3)34(44)32-24(4)30(38-25(32)5)22-28-27-21-26(36)13-14-29(27)39-33(28)43/h12-13,22-23,38H,6-11,14-21H2,1-5H3,(H,37,42)(H,39,43);13-14,21-22,38H,6-12,15-20,23H2,1-5H3,(H,37,42)(H,39,43)/b28-23-;28-22-. The Hall–Kier alpha value is -8.14. The van der Waals surface area contributed by atoms with Crippen LogP contribution in [-0.4, -0.2) is 209 Å². The van der Waals surface area contributed by atoms with Gasteiger partial charge in [-0.25, -0.2) is 28.2 Å². The van der Waals surface area contributed by atoms with Gasteiger partial charge in [0, 0.05) is 105 Å². The number of hydrogen-bond acceptors (Lipinski definition) is 16. The summed E-state index contributed by atoms with van der Waals surface area (Å²) >= 11 is 0. The number of H-pyrrole nitrogens is 2. The molecule has 2 aromatic carbocycles. The van der Waals surface area contributed by atoms with E-state index in [2.05, 4.69) is 41.0 Å². The first-order valence-electron chi connectivity index (χ1n) is 33.4. The summed E-state index contributed by atoms with van der Waals surface area (Å²) in [5, 5.41) is 11.2. The smallest absolute Gasteiger partial charge is 0.416 e. The highest BCUT2D eigenvalue weighted by atomic mass is 19.1. The average Bonchev–Trinajstić information content (AvgIpc) is 1.64. The van der Waals surface area contributed by atoms with E-state index in [1.807, 2.05) is 34.6 Å². The molecule has 0 spiro atoms. The summed E-state index contributed by atoms with van der Waals surface area (Å²) in [5.74, 6) is -2.89. The Labute approximate surface area is 562 Å². The molecule has 0 radical (unpaired) electrons. The molecule has 6 rings (SSSR count). The van der Waals surface area contributed by atoms with E-state index in [4.69, 9.17) is 28.4 Å². The maximum atomic E-state index is 14.0. The lowest BCUT2D eigenvalue weighted by atomic mass is 10.0. The average molecular weight is 1340 g/mol. The largest absolute Gasteiger partial charge is 0.449 e. The summed E-state index contributed by atoms with van der Waals surface area (Å²) in [6, 6.07) is 8.16. The van der Waals surface area contributed by atoms with Crippen LogP contribution < -0.4 is 21.3 Å². The number of anilines is 2. The first kappa shape index (κ1) is 78.6. The molecule has 4 aromatic rings. The molecule has 6 N–H and O–H groups in total. The highest BCUT2D eigenvalue weighted by molar-refractivity contribution is 6.35. The molecule has 2 aromatic heterocycles. The van der Waals surface area contributed by atoms with Crippen LogP contribution in [0.5, 0.6) is 0 Å². The second-order valence-electron chi connectivity index (χ2n) is 23.1. The van der Waals surface area contributed by atoms with Gasteiger partial charge in [-0.3, -0.25) is 28.8 Å². The van der Waals surface area contributed by atoms with Crippen molar-refractivity contribution in [3.8, 4) is 0 Å². The normalized spacial score (nSPS) is 13.1. The van der Waals surface area contributed by atoms with E-state index in [0.29, 0.717) is 153 Å². The maximum absolute atomic E-state index is 14.0. The van der Waals surface area contributed by atoms with Crippen LogP contribution in [0.1, 0.15) is 158 Å². The number of unbranched alkanes of at least 4 members (excludes halogenated alkanes) is 6. The Morgan fingerprint density at radius 3 is 1.38 bits per heavy atom. The summed E-state index contributed by atoms with van der Waals surface area (Å²) < 4.78 is 59.7. The van der Waals surface area contributed by atoms with Gasteiger partial charge in [0.05, 0.1) is 68.5 Å². The van der Waals surface area contributed by atoms with E-state index in [0.717, 1.165) is 74.5 Å². The van der Waals surface area contributed by atoms with Gasteiger partial charge in [-0.05, 0) is 159 Å². The minimum absolute atomic E-state index is 0.000279. The van der Waals surface area contributed by atoms with Gasteiger partial charge in [-0.15, -0.1) is 0 Å². The first-order chi connectivity index (χ1) is 46.2. The van der Waals surface area contributed by atoms with Crippen molar-refractivity contribution in [2.24, 2.45) is 0 Å². The van der Waals surface area contributed by atoms with Gasteiger partial charge < -0.3 is 69.5 Å². The van der Waals surface area contributed by atoms with E-state index >= 15 is 0 Å². The molecule has 0 fully saturated rings. The van der Waals surface area contributed by atoms with Crippen LogP contribution >= 0.6 is 0 Å². The summed E-state index contributed by atoms with van der Waals surface area (Å²) in [4.78, 5) is 116. The van der Waals surface area contributed by atoms with E-state index < -0.39 is 35.6 Å². The minimum atomic E-state index is -0.719. The zero-order chi connectivity index (χ0) is 70.1. The second-order valence-corrected chi connectivity index (χ2v) is 23.1. The monoisotopic (exact) mass is 1340 g/mol. The number of methoxy groups -OCH3 is 1. The molecule has 8 amide bonds. The Morgan fingerprint density at radius 1 is 0.510 bits per heavy atom. The van der Waals surface area contributed by atoms with Crippen LogP contribution in [0.3, 0.4) is 0 Å². The lowest BCUT2D eigenvalue weighted by Gasteiger charge is -2.25. The lowest BCUT2D eigenvalue weighted by molar-refractivity contribution is -0.126. The molecule has 528 valence electrons. The third-order valence-corrected chi connectivity index (χ3v) is 16.4. The predicted molar refractivity (Wildman–Crippen MR) is 364 cm³/mol. The van der Waals surface area contributed by atoms with Crippen molar-refractivity contribution in [2.45, 2.75) is 120 Å². The molecule has 0 atom stereocenters. The zero-order valence-electron chi connectivity index (χ0n) is 57.7. The summed E-state index contributed by atoms with van der Waals surface area (Å²) in [6.07, 6.45) is 8.14. The molecule has 2 aliphatic rings. The number of halogens is 2. The second kappa shape index (κ2) is 41.7. The topological polar surface area (TPSA) is 285 Å². The number of nitrogens with one attached hydrogen (secondary N) is 6. The molecule has 0 unspecified atom stereocenters. The van der Waals surface area contributed by atoms with Crippen molar-refractivity contribution in [3.05, 3.63) is 104 Å². The number of carbonyl (C=O) groups is 8. The Morgan fingerprint density at radius 2 is 0.938 bits per heavy atom. The Kier molecular flexibility index (Phi) is 34.2. The van der Waals surface area contributed by atoms with Gasteiger partial charge in [0.15, 0.2) is 0 Å². The number of aromatic amines is 2. The van der Waals surface area contributed by atoms with E-state index in [9.17, 15) is 47.1 Å². The summed E-state index contributed by atoms with van der Waals surface area (Å²) in [5.41, 5.74) is 6.31. The molecule has 0 aliphatic carbocycles. The number of benzene rings is 2. The van der Waals surface area contributed by atoms with Gasteiger partial charge in [-0.2, -0.15) is 0 Å². The van der Waals surface area contributed by atoms with Gasteiger partial charge in [-0.1, -0.05) is 40.5 Å². The van der Waals surface area contributed by atoms with Crippen LogP contribution in [0.2, 0.25) is 0 Å². The number of aromatic nitrogens is 2. The van der Waals surface area contributed by atoms with Crippen molar-refractivity contribution in [1.29, 1.82) is 0 Å². The number of nitrogens with zero attached hydrogens (tertiary/aromatic N) is 4. The third-order valence-electron chi connectivity index (χ3n) is 16.4. The van der Waals surface area contributed by atoms with Crippen LogP contribution in [0.15, 0.2) is 36.4 Å². The molecule has 0 bridgehead atoms. The number of ether oxygens (including phenoxy) is 6. The number of aryl methyl sites for hydroxylation is 2. The Bertz CT molecular complexity index is 3090. The fourth-order valence-electron chi connectivity index (χ4n) is 10.8. The zero-order valence-corrected chi connectivity index (χ0v) is 57.7. The third kappa shape index (κ3) is 24.2. The molecule has 26 heteroatoms. The van der Waals surface area contributed by atoms with Crippen molar-refractivity contribution in [2.75, 3.05) is 143 Å². The summed E-state index contributed by atoms with van der Waals surface area (Å²) in [7, 11) is 1.60. The molecule has 2 aliphatic heterocycles. The van der Waals surface area contributed by atoms with Gasteiger partial charge in [0.1, 0.15) is 18.2 Å². The first-order valence-corrected chi connectivity index (χ1v) is 33.4. The van der Waals surface area contributed by atoms with Crippen molar-refractivity contribution in [1.82, 2.24) is 40.2 Å². The van der Waals surface area contributed by atoms with Crippen LogP contribution in [0, 0.1) is 39.3 Å². The van der Waals surface area contributed by atoms with Crippen LogP contribution in [0.25, 0.3) is 23.3 Å². The number of likely N-dealkylation sites (N-methyl/N-ethyl adjacent to an activating group) is 2. The van der Waals surface area contributed by atoms with E-state index in [1.54, 1.807) is 47.0 Å². The molecule has 0 saturated heterocycles. The van der Waals surface area contributed by atoms with E-state index in [1.165, 1.54) is 36.4 Å². The fraction of sp³-hybridized carbons (Fsp3) is 0.543. The maximum Gasteiger partial charge on any atom is 0.416 e. The fourth-order valence-corrected chi connectivity index (χ4v) is 10.8. The molecular weight excluding hydrogens is 1240 g/mol. The van der Waals surface area contributed by atoms with Crippen molar-refractivity contribution < 1.29 is 75.6 Å². The van der Waals surface area contributed by atoms with E-state index in [-0.39, 0.29) is 67.7 Å². The molecule has 24 nitrogen and oxygen atoms in total. The van der Waals surface area contributed by atoms with Crippen LogP contribution in [0.4, 0.5) is 29.7 Å². The quantitative estimate of drug-likeness (QED) is 0.0178. The summed E-state index contributed by atoms with van der Waals surface area (Å²) in [6.45, 7) is 25.4. The Balaban J connectivity index is 0.000000347. The number of hydrogen-bond donors (Lipinski definition) is 6. The van der Waals surface area contributed by atoms with Crippen molar-refractivity contribution in [3.63, 3.8) is 0 Å².